The molecule has 0 aliphatic heterocycles. The van der Waals surface area contributed by atoms with Crippen molar-refractivity contribution in [2.75, 3.05) is 6.61 Å². The molecule has 1 aromatic heterocycles. The number of rotatable bonds is 5. The molecule has 1 heterocycles. The molecule has 0 saturated heterocycles. The number of ether oxygens (including phenoxy) is 1. The maximum Gasteiger partial charge on any atom is 0.131 e. The van der Waals surface area contributed by atoms with Gasteiger partial charge in [-0.25, -0.2) is 4.98 Å². The van der Waals surface area contributed by atoms with Crippen LogP contribution < -0.4 is 10.5 Å². The monoisotopic (exact) mass is 352 g/mol. The highest BCUT2D eigenvalue weighted by Crippen LogP contribution is 2.39. The zero-order valence-corrected chi connectivity index (χ0v) is 16.0. The van der Waals surface area contributed by atoms with Crippen molar-refractivity contribution >= 4 is 11.3 Å². The average molecular weight is 353 g/mol. The van der Waals surface area contributed by atoms with Gasteiger partial charge in [-0.3, -0.25) is 0 Å². The van der Waals surface area contributed by atoms with E-state index in [1.165, 1.54) is 10.4 Å². The molecular formula is C21H24N2OS. The highest BCUT2D eigenvalue weighted by molar-refractivity contribution is 7.15. The average Bonchev–Trinajstić information content (AvgIpc) is 2.99. The molecule has 0 aliphatic carbocycles. The molecule has 4 heteroatoms. The Kier molecular flexibility index (Phi) is 5.21. The van der Waals surface area contributed by atoms with Crippen molar-refractivity contribution in [3.05, 3.63) is 58.0 Å². The highest BCUT2D eigenvalue weighted by Gasteiger charge is 2.17. The SMILES string of the molecule is CCOc1c(C)cc(C)cc1-c1nc(-c2cccc(CN)c2)sc1C. The van der Waals surface area contributed by atoms with Gasteiger partial charge in [-0.05, 0) is 56.5 Å². The van der Waals surface area contributed by atoms with Crippen molar-refractivity contribution in [1.29, 1.82) is 0 Å². The minimum absolute atomic E-state index is 0.538. The normalized spacial score (nSPS) is 10.9. The first kappa shape index (κ1) is 17.6. The first-order valence-electron chi connectivity index (χ1n) is 8.54. The third-order valence-corrected chi connectivity index (χ3v) is 5.19. The molecule has 0 spiro atoms. The van der Waals surface area contributed by atoms with Gasteiger partial charge < -0.3 is 10.5 Å². The summed E-state index contributed by atoms with van der Waals surface area (Å²) in [4.78, 5) is 6.14. The molecule has 0 fully saturated rings. The second-order valence-electron chi connectivity index (χ2n) is 6.22. The van der Waals surface area contributed by atoms with Crippen molar-refractivity contribution < 1.29 is 4.74 Å². The van der Waals surface area contributed by atoms with Crippen LogP contribution in [0.4, 0.5) is 0 Å². The van der Waals surface area contributed by atoms with Crippen LogP contribution in [0.5, 0.6) is 5.75 Å². The fourth-order valence-corrected chi connectivity index (χ4v) is 3.99. The summed E-state index contributed by atoms with van der Waals surface area (Å²) in [6.45, 7) is 9.52. The van der Waals surface area contributed by atoms with Crippen molar-refractivity contribution in [2.24, 2.45) is 5.73 Å². The molecule has 0 bridgehead atoms. The predicted octanol–water partition coefficient (Wildman–Crippen LogP) is 5.26. The Balaban J connectivity index is 2.12. The summed E-state index contributed by atoms with van der Waals surface area (Å²) in [5.41, 5.74) is 12.5. The van der Waals surface area contributed by atoms with Gasteiger partial charge in [0.2, 0.25) is 0 Å². The summed E-state index contributed by atoms with van der Waals surface area (Å²) >= 11 is 1.71. The smallest absolute Gasteiger partial charge is 0.131 e. The minimum atomic E-state index is 0.538. The first-order chi connectivity index (χ1) is 12.0. The molecule has 0 atom stereocenters. The minimum Gasteiger partial charge on any atom is -0.493 e. The Bertz CT molecular complexity index is 899. The Labute approximate surface area is 153 Å². The molecule has 0 unspecified atom stereocenters. The van der Waals surface area contributed by atoms with Crippen molar-refractivity contribution in [2.45, 2.75) is 34.2 Å². The molecule has 2 aromatic carbocycles. The first-order valence-corrected chi connectivity index (χ1v) is 9.36. The molecule has 2 N–H and O–H groups in total. The van der Waals surface area contributed by atoms with Crippen LogP contribution >= 0.6 is 11.3 Å². The third kappa shape index (κ3) is 3.60. The van der Waals surface area contributed by atoms with Crippen LogP contribution in [-0.2, 0) is 6.54 Å². The van der Waals surface area contributed by atoms with E-state index in [0.29, 0.717) is 13.2 Å². The number of aryl methyl sites for hydroxylation is 3. The summed E-state index contributed by atoms with van der Waals surface area (Å²) in [5.74, 6) is 0.934. The maximum atomic E-state index is 5.93. The number of aromatic nitrogens is 1. The van der Waals surface area contributed by atoms with E-state index in [1.807, 2.05) is 19.1 Å². The Hall–Kier alpha value is -2.17. The van der Waals surface area contributed by atoms with Gasteiger partial charge in [0.05, 0.1) is 12.3 Å². The van der Waals surface area contributed by atoms with Crippen LogP contribution in [0.3, 0.4) is 0 Å². The quantitative estimate of drug-likeness (QED) is 0.681. The van der Waals surface area contributed by atoms with Crippen LogP contribution in [0.2, 0.25) is 0 Å². The van der Waals surface area contributed by atoms with Gasteiger partial charge in [-0.2, -0.15) is 0 Å². The van der Waals surface area contributed by atoms with Crippen molar-refractivity contribution in [1.82, 2.24) is 4.98 Å². The van der Waals surface area contributed by atoms with Crippen LogP contribution in [-0.4, -0.2) is 11.6 Å². The van der Waals surface area contributed by atoms with E-state index in [1.54, 1.807) is 11.3 Å². The van der Waals surface area contributed by atoms with Crippen LogP contribution in [0.1, 0.15) is 28.5 Å². The molecule has 0 aliphatic rings. The van der Waals surface area contributed by atoms with Gasteiger partial charge in [0, 0.05) is 22.5 Å². The largest absolute Gasteiger partial charge is 0.493 e. The standard InChI is InChI=1S/C21H24N2OS/c1-5-24-20-14(3)9-13(2)10-18(20)19-15(4)25-21(23-19)17-8-6-7-16(11-17)12-22/h6-11H,5,12,22H2,1-4H3. The van der Waals surface area contributed by atoms with Gasteiger partial charge in [0.25, 0.3) is 0 Å². The molecule has 130 valence electrons. The highest BCUT2D eigenvalue weighted by atomic mass is 32.1. The molecule has 0 saturated carbocycles. The Morgan fingerprint density at radius 1 is 1.12 bits per heavy atom. The lowest BCUT2D eigenvalue weighted by Crippen LogP contribution is -1.98. The summed E-state index contributed by atoms with van der Waals surface area (Å²) in [5, 5.41) is 1.02. The fourth-order valence-electron chi connectivity index (χ4n) is 3.07. The van der Waals surface area contributed by atoms with E-state index < -0.39 is 0 Å². The van der Waals surface area contributed by atoms with E-state index in [9.17, 15) is 0 Å². The number of nitrogens with two attached hydrogens (primary N) is 1. The van der Waals surface area contributed by atoms with Gasteiger partial charge in [0.1, 0.15) is 10.8 Å². The topological polar surface area (TPSA) is 48.1 Å². The molecule has 3 nitrogen and oxygen atoms in total. The van der Waals surface area contributed by atoms with E-state index in [0.717, 1.165) is 38.7 Å². The molecular weight excluding hydrogens is 328 g/mol. The van der Waals surface area contributed by atoms with Gasteiger partial charge in [-0.15, -0.1) is 11.3 Å². The zero-order valence-electron chi connectivity index (χ0n) is 15.2. The van der Waals surface area contributed by atoms with Gasteiger partial charge in [0.15, 0.2) is 0 Å². The number of benzene rings is 2. The van der Waals surface area contributed by atoms with E-state index >= 15 is 0 Å². The molecule has 25 heavy (non-hydrogen) atoms. The van der Waals surface area contributed by atoms with Gasteiger partial charge >= 0.3 is 0 Å². The summed E-state index contributed by atoms with van der Waals surface area (Å²) in [6, 6.07) is 12.6. The van der Waals surface area contributed by atoms with Crippen molar-refractivity contribution in [3.8, 4) is 27.6 Å². The lowest BCUT2D eigenvalue weighted by Gasteiger charge is -2.13. The molecule has 0 amide bonds. The zero-order chi connectivity index (χ0) is 18.0. The third-order valence-electron chi connectivity index (χ3n) is 4.17. The summed E-state index contributed by atoms with van der Waals surface area (Å²) in [7, 11) is 0. The van der Waals surface area contributed by atoms with E-state index in [-0.39, 0.29) is 0 Å². The second-order valence-corrected chi connectivity index (χ2v) is 7.42. The fraction of sp³-hybridized carbons (Fsp3) is 0.286. The van der Waals surface area contributed by atoms with E-state index in [4.69, 9.17) is 15.5 Å². The van der Waals surface area contributed by atoms with Crippen LogP contribution in [0.15, 0.2) is 36.4 Å². The Morgan fingerprint density at radius 2 is 1.92 bits per heavy atom. The lowest BCUT2D eigenvalue weighted by molar-refractivity contribution is 0.339. The number of thiazole rings is 1. The van der Waals surface area contributed by atoms with Gasteiger partial charge in [-0.1, -0.05) is 24.3 Å². The predicted molar refractivity (Wildman–Crippen MR) is 106 cm³/mol. The van der Waals surface area contributed by atoms with E-state index in [2.05, 4.69) is 45.0 Å². The Morgan fingerprint density at radius 3 is 2.64 bits per heavy atom. The number of hydrogen-bond donors (Lipinski definition) is 1. The molecule has 3 rings (SSSR count). The maximum absolute atomic E-state index is 5.93. The van der Waals surface area contributed by atoms with Crippen molar-refractivity contribution in [3.63, 3.8) is 0 Å². The lowest BCUT2D eigenvalue weighted by atomic mass is 10.0. The summed E-state index contributed by atoms with van der Waals surface area (Å²) < 4.78 is 5.93. The number of hydrogen-bond acceptors (Lipinski definition) is 4. The molecule has 3 aromatic rings. The molecule has 0 radical (unpaired) electrons. The number of nitrogens with zero attached hydrogens (tertiary/aromatic N) is 1. The van der Waals surface area contributed by atoms with Crippen LogP contribution in [0.25, 0.3) is 21.8 Å². The van der Waals surface area contributed by atoms with Crippen LogP contribution in [0, 0.1) is 20.8 Å². The second kappa shape index (κ2) is 7.38. The summed E-state index contributed by atoms with van der Waals surface area (Å²) in [6.07, 6.45) is 0.